The fourth-order valence-corrected chi connectivity index (χ4v) is 2.04. The van der Waals surface area contributed by atoms with Gasteiger partial charge in [0.05, 0.1) is 18.1 Å². The van der Waals surface area contributed by atoms with Crippen LogP contribution in [0.5, 0.6) is 0 Å². The maximum absolute atomic E-state index is 5.86. The molecular weight excluding hydrogens is 272 g/mol. The van der Waals surface area contributed by atoms with E-state index in [9.17, 15) is 0 Å². The summed E-state index contributed by atoms with van der Waals surface area (Å²) in [5.41, 5.74) is 5.83. The van der Waals surface area contributed by atoms with Crippen LogP contribution < -0.4 is 0 Å². The van der Waals surface area contributed by atoms with Crippen molar-refractivity contribution in [3.05, 3.63) is 47.4 Å². The Morgan fingerprint density at radius 3 is 2.21 bits per heavy atom. The van der Waals surface area contributed by atoms with Crippen molar-refractivity contribution >= 4 is 19.7 Å². The van der Waals surface area contributed by atoms with Gasteiger partial charge in [0.25, 0.3) is 0 Å². The van der Waals surface area contributed by atoms with Gasteiger partial charge in [0.2, 0.25) is 0 Å². The minimum Gasteiger partial charge on any atom is -0.252 e. The highest BCUT2D eigenvalue weighted by Gasteiger charge is 2.07. The second-order valence-electron chi connectivity index (χ2n) is 5.29. The number of hydrogen-bond acceptors (Lipinski definition) is 2. The maximum atomic E-state index is 5.86. The molecule has 2 aromatic rings. The largest absolute Gasteiger partial charge is 0.252 e. The van der Waals surface area contributed by atoms with Crippen LogP contribution in [-0.2, 0) is 0 Å². The van der Waals surface area contributed by atoms with Crippen LogP contribution in [0.2, 0.25) is 24.7 Å². The molecule has 0 unspecified atom stereocenters. The van der Waals surface area contributed by atoms with Crippen LogP contribution in [0.3, 0.4) is 0 Å². The zero-order valence-corrected chi connectivity index (χ0v) is 13.0. The molecular formula is C15H15ClN2Si. The Hall–Kier alpha value is -1.63. The fraction of sp³-hybridized carbons (Fsp3) is 0.200. The molecule has 0 saturated heterocycles. The Balaban J connectivity index is 2.23. The van der Waals surface area contributed by atoms with Crippen molar-refractivity contribution in [3.8, 4) is 22.7 Å². The average Bonchev–Trinajstić information content (AvgIpc) is 2.37. The van der Waals surface area contributed by atoms with Crippen LogP contribution >= 0.6 is 11.6 Å². The predicted molar refractivity (Wildman–Crippen MR) is 82.7 cm³/mol. The first-order valence-corrected chi connectivity index (χ1v) is 9.93. The van der Waals surface area contributed by atoms with Gasteiger partial charge in [-0.2, -0.15) is 0 Å². The molecule has 96 valence electrons. The fourth-order valence-electron chi connectivity index (χ4n) is 1.41. The third kappa shape index (κ3) is 4.20. The lowest BCUT2D eigenvalue weighted by atomic mass is 10.2. The van der Waals surface area contributed by atoms with E-state index in [0.717, 1.165) is 17.0 Å². The molecule has 0 fully saturated rings. The van der Waals surface area contributed by atoms with E-state index in [4.69, 9.17) is 11.6 Å². The topological polar surface area (TPSA) is 25.8 Å². The van der Waals surface area contributed by atoms with Crippen molar-refractivity contribution in [2.45, 2.75) is 19.6 Å². The highest BCUT2D eigenvalue weighted by molar-refractivity contribution is 6.83. The first-order chi connectivity index (χ1) is 8.94. The molecule has 0 atom stereocenters. The Morgan fingerprint density at radius 1 is 1.00 bits per heavy atom. The first kappa shape index (κ1) is 13.8. The molecule has 0 saturated carbocycles. The van der Waals surface area contributed by atoms with Gasteiger partial charge < -0.3 is 0 Å². The molecule has 19 heavy (non-hydrogen) atoms. The Kier molecular flexibility index (Phi) is 4.04. The monoisotopic (exact) mass is 286 g/mol. The lowest BCUT2D eigenvalue weighted by molar-refractivity contribution is 1.18. The van der Waals surface area contributed by atoms with Gasteiger partial charge in [0.1, 0.15) is 13.8 Å². The van der Waals surface area contributed by atoms with Gasteiger partial charge in [-0.3, -0.25) is 4.98 Å². The zero-order valence-electron chi connectivity index (χ0n) is 11.2. The predicted octanol–water partition coefficient (Wildman–Crippen LogP) is 4.03. The maximum Gasteiger partial charge on any atom is 0.130 e. The third-order valence-corrected chi connectivity index (χ3v) is 3.48. The molecule has 1 heterocycles. The minimum atomic E-state index is -1.37. The summed E-state index contributed by atoms with van der Waals surface area (Å²) >= 11 is 5.86. The molecule has 0 aliphatic rings. The van der Waals surface area contributed by atoms with Crippen LogP contribution in [0.25, 0.3) is 11.3 Å². The lowest BCUT2D eigenvalue weighted by Gasteiger charge is -2.03. The quantitative estimate of drug-likeness (QED) is 0.584. The average molecular weight is 287 g/mol. The van der Waals surface area contributed by atoms with Crippen LogP contribution in [-0.4, -0.2) is 18.0 Å². The van der Waals surface area contributed by atoms with Crippen molar-refractivity contribution in [3.63, 3.8) is 0 Å². The van der Waals surface area contributed by atoms with Gasteiger partial charge in [0, 0.05) is 10.6 Å². The molecule has 2 nitrogen and oxygen atoms in total. The molecule has 0 radical (unpaired) electrons. The van der Waals surface area contributed by atoms with E-state index in [1.807, 2.05) is 24.3 Å². The van der Waals surface area contributed by atoms with E-state index in [-0.39, 0.29) is 0 Å². The summed E-state index contributed by atoms with van der Waals surface area (Å²) < 4.78 is 0. The van der Waals surface area contributed by atoms with Crippen molar-refractivity contribution in [1.82, 2.24) is 9.97 Å². The number of rotatable bonds is 1. The number of halogens is 1. The molecule has 0 aliphatic heterocycles. The summed E-state index contributed by atoms with van der Waals surface area (Å²) in [5, 5.41) is 0.717. The molecule has 0 spiro atoms. The highest BCUT2D eigenvalue weighted by atomic mass is 35.5. The third-order valence-electron chi connectivity index (χ3n) is 2.36. The number of hydrogen-bond donors (Lipinski definition) is 0. The standard InChI is InChI=1S/C15H15ClN2Si/c1-19(2,3)9-8-14-10-18-15(11-17-14)12-4-6-13(16)7-5-12/h4-7,10-11H,1-3H3. The molecule has 1 aromatic heterocycles. The van der Waals surface area contributed by atoms with E-state index in [2.05, 4.69) is 41.1 Å². The van der Waals surface area contributed by atoms with Gasteiger partial charge >= 0.3 is 0 Å². The van der Waals surface area contributed by atoms with Crippen molar-refractivity contribution in [1.29, 1.82) is 0 Å². The summed E-state index contributed by atoms with van der Waals surface area (Å²) in [6.45, 7) is 6.61. The first-order valence-electron chi connectivity index (χ1n) is 6.05. The Bertz CT molecular complexity index is 616. The highest BCUT2D eigenvalue weighted by Crippen LogP contribution is 2.18. The van der Waals surface area contributed by atoms with Gasteiger partial charge in [-0.1, -0.05) is 49.3 Å². The van der Waals surface area contributed by atoms with E-state index in [1.165, 1.54) is 0 Å². The summed E-state index contributed by atoms with van der Waals surface area (Å²) in [4.78, 5) is 8.72. The van der Waals surface area contributed by atoms with Gasteiger partial charge in [0.15, 0.2) is 0 Å². The molecule has 2 rings (SSSR count). The summed E-state index contributed by atoms with van der Waals surface area (Å²) in [7, 11) is -1.37. The zero-order chi connectivity index (χ0) is 13.9. The van der Waals surface area contributed by atoms with Crippen LogP contribution in [0.1, 0.15) is 5.69 Å². The van der Waals surface area contributed by atoms with E-state index >= 15 is 0 Å². The minimum absolute atomic E-state index is 0.717. The van der Waals surface area contributed by atoms with Crippen LogP contribution in [0.15, 0.2) is 36.7 Å². The lowest BCUT2D eigenvalue weighted by Crippen LogP contribution is -2.16. The van der Waals surface area contributed by atoms with Crippen molar-refractivity contribution in [2.24, 2.45) is 0 Å². The molecule has 0 N–H and O–H groups in total. The molecule has 1 aromatic carbocycles. The second kappa shape index (κ2) is 5.56. The Morgan fingerprint density at radius 2 is 1.68 bits per heavy atom. The number of aromatic nitrogens is 2. The van der Waals surface area contributed by atoms with Crippen molar-refractivity contribution < 1.29 is 0 Å². The summed E-state index contributed by atoms with van der Waals surface area (Å²) in [6, 6.07) is 7.55. The number of nitrogens with zero attached hydrogens (tertiary/aromatic N) is 2. The van der Waals surface area contributed by atoms with Crippen LogP contribution in [0, 0.1) is 11.5 Å². The molecule has 0 aliphatic carbocycles. The number of benzene rings is 1. The van der Waals surface area contributed by atoms with E-state index in [0.29, 0.717) is 5.02 Å². The molecule has 0 bridgehead atoms. The van der Waals surface area contributed by atoms with Gasteiger partial charge in [-0.05, 0) is 12.1 Å². The summed E-state index contributed by atoms with van der Waals surface area (Å²) in [6.07, 6.45) is 3.47. The normalized spacial score (nSPS) is 10.7. The smallest absolute Gasteiger partial charge is 0.130 e. The van der Waals surface area contributed by atoms with E-state index in [1.54, 1.807) is 12.4 Å². The van der Waals surface area contributed by atoms with Gasteiger partial charge in [-0.15, -0.1) is 5.54 Å². The second-order valence-corrected chi connectivity index (χ2v) is 10.5. The van der Waals surface area contributed by atoms with Crippen molar-refractivity contribution in [2.75, 3.05) is 0 Å². The SMILES string of the molecule is C[Si](C)(C)C#Cc1cnc(-c2ccc(Cl)cc2)cn1. The Labute approximate surface area is 119 Å². The van der Waals surface area contributed by atoms with E-state index < -0.39 is 8.07 Å². The molecule has 4 heteroatoms. The molecule has 0 amide bonds. The van der Waals surface area contributed by atoms with Crippen LogP contribution in [0.4, 0.5) is 0 Å². The van der Waals surface area contributed by atoms with Gasteiger partial charge in [-0.25, -0.2) is 4.98 Å². The summed E-state index contributed by atoms with van der Waals surface area (Å²) in [5.74, 6) is 3.09.